The lowest BCUT2D eigenvalue weighted by Gasteiger charge is -2.07. The van der Waals surface area contributed by atoms with Crippen LogP contribution in [-0.2, 0) is 0 Å². The highest BCUT2D eigenvalue weighted by atomic mass is 32.1. The average Bonchev–Trinajstić information content (AvgIpc) is 3.40. The van der Waals surface area contributed by atoms with Gasteiger partial charge in [-0.1, -0.05) is 60.7 Å². The van der Waals surface area contributed by atoms with Gasteiger partial charge in [-0.15, -0.1) is 11.3 Å². The van der Waals surface area contributed by atoms with Crippen LogP contribution in [0.3, 0.4) is 0 Å². The van der Waals surface area contributed by atoms with E-state index in [0.717, 1.165) is 11.1 Å². The molecule has 4 aromatic rings. The van der Waals surface area contributed by atoms with Crippen LogP contribution in [0.15, 0.2) is 72.1 Å². The number of aromatic nitrogens is 2. The molecule has 0 N–H and O–H groups in total. The fourth-order valence-corrected chi connectivity index (χ4v) is 4.01. The lowest BCUT2D eigenvalue weighted by atomic mass is 10.0. The second kappa shape index (κ2) is 5.61. The third-order valence-corrected chi connectivity index (χ3v) is 5.37. The van der Waals surface area contributed by atoms with Gasteiger partial charge in [0.25, 0.3) is 5.91 Å². The molecule has 0 unspecified atom stereocenters. The van der Waals surface area contributed by atoms with Crippen molar-refractivity contribution in [2.75, 3.05) is 0 Å². The average molecular weight is 356 g/mol. The number of carbonyl (C=O) groups excluding carboxylic acids is 2. The standard InChI is InChI=1S/C21H12N2O2S/c24-20-15-10-5-4-9-14(15)18-17(20)19(13-7-2-1-3-8-13)23(22-18)21(25)16-11-6-12-26-16/h1-12H. The lowest BCUT2D eigenvalue weighted by molar-refractivity contribution is 0.0951. The van der Waals surface area contributed by atoms with Crippen molar-refractivity contribution in [3.8, 4) is 22.5 Å². The van der Waals surface area contributed by atoms with Gasteiger partial charge < -0.3 is 0 Å². The molecule has 0 saturated carbocycles. The molecule has 2 aromatic carbocycles. The van der Waals surface area contributed by atoms with E-state index in [9.17, 15) is 9.59 Å². The van der Waals surface area contributed by atoms with Gasteiger partial charge in [0.05, 0.1) is 16.1 Å². The number of nitrogens with zero attached hydrogens (tertiary/aromatic N) is 2. The summed E-state index contributed by atoms with van der Waals surface area (Å²) in [5.41, 5.74) is 3.85. The summed E-state index contributed by atoms with van der Waals surface area (Å²) in [5, 5.41) is 6.42. The zero-order valence-electron chi connectivity index (χ0n) is 13.5. The molecule has 5 rings (SSSR count). The molecule has 124 valence electrons. The molecular weight excluding hydrogens is 344 g/mol. The third kappa shape index (κ3) is 2.04. The Morgan fingerprint density at radius 2 is 1.62 bits per heavy atom. The minimum Gasteiger partial charge on any atom is -0.288 e. The maximum Gasteiger partial charge on any atom is 0.288 e. The van der Waals surface area contributed by atoms with Crippen LogP contribution in [-0.4, -0.2) is 21.5 Å². The van der Waals surface area contributed by atoms with Crippen molar-refractivity contribution in [1.29, 1.82) is 0 Å². The van der Waals surface area contributed by atoms with Crippen LogP contribution in [0.25, 0.3) is 22.5 Å². The lowest BCUT2D eigenvalue weighted by Crippen LogP contribution is -2.15. The van der Waals surface area contributed by atoms with Crippen LogP contribution in [0, 0.1) is 0 Å². The fourth-order valence-electron chi connectivity index (χ4n) is 3.36. The predicted molar refractivity (Wildman–Crippen MR) is 101 cm³/mol. The Morgan fingerprint density at radius 1 is 0.885 bits per heavy atom. The first-order valence-electron chi connectivity index (χ1n) is 8.16. The Hall–Kier alpha value is -3.31. The Kier molecular flexibility index (Phi) is 3.23. The first kappa shape index (κ1) is 15.0. The highest BCUT2D eigenvalue weighted by Crippen LogP contribution is 2.41. The van der Waals surface area contributed by atoms with Gasteiger partial charge in [-0.25, -0.2) is 0 Å². The molecule has 1 aliphatic carbocycles. The van der Waals surface area contributed by atoms with Gasteiger partial charge in [-0.2, -0.15) is 9.78 Å². The summed E-state index contributed by atoms with van der Waals surface area (Å²) < 4.78 is 1.37. The van der Waals surface area contributed by atoms with Gasteiger partial charge in [0.15, 0.2) is 5.78 Å². The summed E-state index contributed by atoms with van der Waals surface area (Å²) in [7, 11) is 0. The van der Waals surface area contributed by atoms with Crippen LogP contribution in [0.1, 0.15) is 25.6 Å². The number of carbonyl (C=O) groups is 2. The fraction of sp³-hybridized carbons (Fsp3) is 0. The molecule has 0 amide bonds. The molecule has 0 aliphatic heterocycles. The van der Waals surface area contributed by atoms with Gasteiger partial charge in [0.2, 0.25) is 0 Å². The molecule has 0 spiro atoms. The molecule has 1 aliphatic rings. The predicted octanol–water partition coefficient (Wildman–Crippen LogP) is 4.51. The van der Waals surface area contributed by atoms with Crippen LogP contribution in [0.2, 0.25) is 0 Å². The van der Waals surface area contributed by atoms with Crippen molar-refractivity contribution < 1.29 is 9.59 Å². The molecule has 26 heavy (non-hydrogen) atoms. The molecule has 0 atom stereocenters. The Balaban J connectivity index is 1.81. The third-order valence-electron chi connectivity index (χ3n) is 4.51. The monoisotopic (exact) mass is 356 g/mol. The smallest absolute Gasteiger partial charge is 0.288 e. The van der Waals surface area contributed by atoms with Crippen molar-refractivity contribution in [3.05, 3.63) is 88.1 Å². The van der Waals surface area contributed by atoms with E-state index in [1.807, 2.05) is 60.0 Å². The maximum absolute atomic E-state index is 13.0. The number of fused-ring (bicyclic) bond motifs is 3. The van der Waals surface area contributed by atoms with Gasteiger partial charge in [-0.05, 0) is 11.4 Å². The molecule has 0 saturated heterocycles. The van der Waals surface area contributed by atoms with E-state index in [2.05, 4.69) is 5.10 Å². The Morgan fingerprint density at radius 3 is 2.35 bits per heavy atom. The Labute approximate surface area is 153 Å². The number of hydrogen-bond acceptors (Lipinski definition) is 4. The molecule has 2 aromatic heterocycles. The SMILES string of the molecule is O=C1c2ccccc2-c2nn(C(=O)c3cccs3)c(-c3ccccc3)c21. The van der Waals surface area contributed by atoms with E-state index in [1.54, 1.807) is 12.1 Å². The van der Waals surface area contributed by atoms with Crippen molar-refractivity contribution in [2.24, 2.45) is 0 Å². The molecule has 0 fully saturated rings. The molecule has 0 radical (unpaired) electrons. The van der Waals surface area contributed by atoms with E-state index in [0.29, 0.717) is 27.4 Å². The first-order valence-corrected chi connectivity index (χ1v) is 9.04. The van der Waals surface area contributed by atoms with Gasteiger partial charge in [0, 0.05) is 16.7 Å². The van der Waals surface area contributed by atoms with Crippen LogP contribution in [0.5, 0.6) is 0 Å². The molecule has 5 heteroatoms. The highest BCUT2D eigenvalue weighted by molar-refractivity contribution is 7.12. The number of hydrogen-bond donors (Lipinski definition) is 0. The number of rotatable bonds is 2. The highest BCUT2D eigenvalue weighted by Gasteiger charge is 2.36. The van der Waals surface area contributed by atoms with Crippen molar-refractivity contribution in [2.45, 2.75) is 0 Å². The summed E-state index contributed by atoms with van der Waals surface area (Å²) >= 11 is 1.36. The van der Waals surface area contributed by atoms with E-state index in [4.69, 9.17) is 0 Å². The largest absolute Gasteiger partial charge is 0.288 e. The van der Waals surface area contributed by atoms with E-state index in [1.165, 1.54) is 16.0 Å². The summed E-state index contributed by atoms with van der Waals surface area (Å²) in [4.78, 5) is 26.7. The Bertz CT molecular complexity index is 1160. The van der Waals surface area contributed by atoms with Crippen LogP contribution < -0.4 is 0 Å². The first-order chi connectivity index (χ1) is 12.8. The molecule has 2 heterocycles. The number of benzene rings is 2. The number of thiophene rings is 1. The number of ketones is 1. The summed E-state index contributed by atoms with van der Waals surface area (Å²) in [6.45, 7) is 0. The molecule has 0 bridgehead atoms. The van der Waals surface area contributed by atoms with E-state index < -0.39 is 0 Å². The summed E-state index contributed by atoms with van der Waals surface area (Å²) in [6, 6.07) is 20.5. The van der Waals surface area contributed by atoms with Crippen molar-refractivity contribution >= 4 is 23.0 Å². The van der Waals surface area contributed by atoms with Crippen LogP contribution >= 0.6 is 11.3 Å². The maximum atomic E-state index is 13.0. The second-order valence-corrected chi connectivity index (χ2v) is 6.95. The van der Waals surface area contributed by atoms with Gasteiger partial charge >= 0.3 is 0 Å². The van der Waals surface area contributed by atoms with Gasteiger partial charge in [0.1, 0.15) is 5.69 Å². The van der Waals surface area contributed by atoms with Crippen LogP contribution in [0.4, 0.5) is 0 Å². The normalized spacial score (nSPS) is 12.1. The summed E-state index contributed by atoms with van der Waals surface area (Å²) in [6.07, 6.45) is 0. The van der Waals surface area contributed by atoms with Gasteiger partial charge in [-0.3, -0.25) is 9.59 Å². The topological polar surface area (TPSA) is 52.0 Å². The minimum atomic E-state index is -0.224. The zero-order valence-corrected chi connectivity index (χ0v) is 14.4. The quantitative estimate of drug-likeness (QED) is 0.467. The molecular formula is C21H12N2O2S. The zero-order chi connectivity index (χ0) is 17.7. The van der Waals surface area contributed by atoms with E-state index >= 15 is 0 Å². The van der Waals surface area contributed by atoms with Crippen molar-refractivity contribution in [3.63, 3.8) is 0 Å². The summed E-state index contributed by atoms with van der Waals surface area (Å²) in [5.74, 6) is -0.307. The van der Waals surface area contributed by atoms with E-state index in [-0.39, 0.29) is 11.7 Å². The second-order valence-electron chi connectivity index (χ2n) is 6.01. The van der Waals surface area contributed by atoms with Crippen molar-refractivity contribution in [1.82, 2.24) is 9.78 Å². The minimum absolute atomic E-state index is 0.0836. The molecule has 4 nitrogen and oxygen atoms in total.